The van der Waals surface area contributed by atoms with E-state index in [0.29, 0.717) is 25.4 Å². The average molecular weight is 228 g/mol. The van der Waals surface area contributed by atoms with Crippen molar-refractivity contribution in [3.63, 3.8) is 0 Å². The first-order chi connectivity index (χ1) is 7.49. The first-order valence-electron chi connectivity index (χ1n) is 5.63. The molecule has 5 heteroatoms. The number of likely N-dealkylation sites (N-methyl/N-ethyl adjacent to an activating group) is 1. The summed E-state index contributed by atoms with van der Waals surface area (Å²) in [4.78, 5) is 25.8. The molecule has 16 heavy (non-hydrogen) atoms. The average Bonchev–Trinajstić information content (AvgIpc) is 2.94. The summed E-state index contributed by atoms with van der Waals surface area (Å²) < 4.78 is 0. The highest BCUT2D eigenvalue weighted by molar-refractivity contribution is 5.81. The van der Waals surface area contributed by atoms with Crippen LogP contribution in [0.1, 0.15) is 19.3 Å². The second-order valence-electron chi connectivity index (χ2n) is 4.66. The van der Waals surface area contributed by atoms with Gasteiger partial charge in [0.2, 0.25) is 5.91 Å². The highest BCUT2D eigenvalue weighted by atomic mass is 16.4. The molecule has 0 spiro atoms. The van der Waals surface area contributed by atoms with Gasteiger partial charge in [-0.05, 0) is 32.9 Å². The van der Waals surface area contributed by atoms with E-state index in [0.717, 1.165) is 12.8 Å². The molecule has 0 aromatic rings. The fraction of sp³-hybridized carbons (Fsp3) is 0.818. The highest BCUT2D eigenvalue weighted by Gasteiger charge is 2.27. The van der Waals surface area contributed by atoms with Crippen LogP contribution in [0.3, 0.4) is 0 Å². The molecule has 1 rings (SSSR count). The molecule has 1 amide bonds. The molecule has 1 aliphatic rings. The summed E-state index contributed by atoms with van der Waals surface area (Å²) in [5, 5.41) is 8.74. The fourth-order valence-electron chi connectivity index (χ4n) is 1.47. The molecule has 92 valence electrons. The van der Waals surface area contributed by atoms with Gasteiger partial charge >= 0.3 is 5.97 Å². The van der Waals surface area contributed by atoms with Crippen molar-refractivity contribution in [2.45, 2.75) is 19.3 Å². The summed E-state index contributed by atoms with van der Waals surface area (Å²) in [5.41, 5.74) is 0. The van der Waals surface area contributed by atoms with Gasteiger partial charge in [0.1, 0.15) is 6.54 Å². The molecular weight excluding hydrogens is 208 g/mol. The molecule has 1 aliphatic carbocycles. The number of nitrogens with zero attached hydrogens (tertiary/aromatic N) is 2. The van der Waals surface area contributed by atoms with E-state index >= 15 is 0 Å². The topological polar surface area (TPSA) is 60.9 Å². The molecule has 0 bridgehead atoms. The van der Waals surface area contributed by atoms with Crippen molar-refractivity contribution in [2.75, 3.05) is 33.7 Å². The Hall–Kier alpha value is -1.10. The predicted molar refractivity (Wildman–Crippen MR) is 60.1 cm³/mol. The number of carbonyl (C=O) groups excluding carboxylic acids is 1. The minimum atomic E-state index is -0.942. The van der Waals surface area contributed by atoms with Crippen LogP contribution in [0.15, 0.2) is 0 Å². The van der Waals surface area contributed by atoms with Gasteiger partial charge in [0, 0.05) is 19.5 Å². The molecule has 0 radical (unpaired) electrons. The van der Waals surface area contributed by atoms with Crippen LogP contribution in [0.2, 0.25) is 0 Å². The number of aliphatic carboxylic acids is 1. The van der Waals surface area contributed by atoms with Crippen molar-refractivity contribution >= 4 is 11.9 Å². The zero-order valence-electron chi connectivity index (χ0n) is 9.98. The van der Waals surface area contributed by atoms with E-state index in [1.807, 2.05) is 19.0 Å². The van der Waals surface area contributed by atoms with Crippen LogP contribution < -0.4 is 0 Å². The lowest BCUT2D eigenvalue weighted by Crippen LogP contribution is -2.40. The number of carboxylic acid groups (broad SMARTS) is 1. The minimum Gasteiger partial charge on any atom is -0.480 e. The van der Waals surface area contributed by atoms with E-state index in [-0.39, 0.29) is 12.5 Å². The third kappa shape index (κ3) is 5.11. The van der Waals surface area contributed by atoms with Gasteiger partial charge in [0.25, 0.3) is 0 Å². The monoisotopic (exact) mass is 228 g/mol. The van der Waals surface area contributed by atoms with Crippen molar-refractivity contribution < 1.29 is 14.7 Å². The fourth-order valence-corrected chi connectivity index (χ4v) is 1.47. The zero-order chi connectivity index (χ0) is 12.1. The summed E-state index contributed by atoms with van der Waals surface area (Å²) in [6.45, 7) is 1.01. The Morgan fingerprint density at radius 2 is 1.88 bits per heavy atom. The number of rotatable bonds is 7. The molecule has 0 aliphatic heterocycles. The second kappa shape index (κ2) is 5.84. The summed E-state index contributed by atoms with van der Waals surface area (Å²) in [6, 6.07) is 0. The highest BCUT2D eigenvalue weighted by Crippen LogP contribution is 2.32. The summed E-state index contributed by atoms with van der Waals surface area (Å²) >= 11 is 0. The number of amides is 1. The Morgan fingerprint density at radius 1 is 1.25 bits per heavy atom. The largest absolute Gasteiger partial charge is 0.480 e. The first kappa shape index (κ1) is 13.0. The van der Waals surface area contributed by atoms with Gasteiger partial charge in [-0.25, -0.2) is 0 Å². The Morgan fingerprint density at radius 3 is 2.31 bits per heavy atom. The molecule has 1 saturated carbocycles. The normalized spacial score (nSPS) is 15.2. The molecular formula is C11H20N2O3. The van der Waals surface area contributed by atoms with Crippen LogP contribution in [0, 0.1) is 5.92 Å². The number of carbonyl (C=O) groups is 2. The number of carboxylic acids is 1. The Labute approximate surface area is 96.0 Å². The van der Waals surface area contributed by atoms with Crippen LogP contribution >= 0.6 is 0 Å². The van der Waals surface area contributed by atoms with Crippen molar-refractivity contribution in [2.24, 2.45) is 5.92 Å². The molecule has 5 nitrogen and oxygen atoms in total. The van der Waals surface area contributed by atoms with E-state index < -0.39 is 5.97 Å². The Bertz CT molecular complexity index is 262. The molecule has 0 unspecified atom stereocenters. The van der Waals surface area contributed by atoms with E-state index in [4.69, 9.17) is 5.11 Å². The molecule has 0 aromatic heterocycles. The third-order valence-electron chi connectivity index (χ3n) is 2.66. The molecule has 0 aromatic carbocycles. The van der Waals surface area contributed by atoms with Crippen LogP contribution in [-0.2, 0) is 9.59 Å². The van der Waals surface area contributed by atoms with Gasteiger partial charge in [-0.3, -0.25) is 9.59 Å². The molecule has 0 heterocycles. The van der Waals surface area contributed by atoms with Crippen LogP contribution in [0.25, 0.3) is 0 Å². The van der Waals surface area contributed by atoms with Crippen molar-refractivity contribution in [3.05, 3.63) is 0 Å². The lowest BCUT2D eigenvalue weighted by Gasteiger charge is -2.22. The quantitative estimate of drug-likeness (QED) is 0.679. The standard InChI is InChI=1S/C11H20N2O3/c1-12(2)5-6-13(8-11(15)16)10(14)7-9-3-4-9/h9H,3-8H2,1-2H3,(H,15,16). The minimum absolute atomic E-state index is 0.0215. The third-order valence-corrected chi connectivity index (χ3v) is 2.66. The van der Waals surface area contributed by atoms with Gasteiger partial charge in [0.15, 0.2) is 0 Å². The van der Waals surface area contributed by atoms with E-state index in [2.05, 4.69) is 0 Å². The maximum Gasteiger partial charge on any atom is 0.323 e. The van der Waals surface area contributed by atoms with E-state index in [1.165, 1.54) is 4.90 Å². The van der Waals surface area contributed by atoms with Gasteiger partial charge in [-0.1, -0.05) is 0 Å². The van der Waals surface area contributed by atoms with Crippen LogP contribution in [-0.4, -0.2) is 60.5 Å². The van der Waals surface area contributed by atoms with Gasteiger partial charge in [-0.2, -0.15) is 0 Å². The van der Waals surface area contributed by atoms with E-state index in [9.17, 15) is 9.59 Å². The molecule has 0 saturated heterocycles. The summed E-state index contributed by atoms with van der Waals surface area (Å²) in [5.74, 6) is -0.460. The zero-order valence-corrected chi connectivity index (χ0v) is 9.98. The van der Waals surface area contributed by atoms with Gasteiger partial charge < -0.3 is 14.9 Å². The Kier molecular flexibility index (Phi) is 4.73. The van der Waals surface area contributed by atoms with Crippen molar-refractivity contribution in [1.82, 2.24) is 9.80 Å². The van der Waals surface area contributed by atoms with Crippen molar-refractivity contribution in [3.8, 4) is 0 Å². The predicted octanol–water partition coefficient (Wildman–Crippen LogP) is 0.261. The van der Waals surface area contributed by atoms with Gasteiger partial charge in [0.05, 0.1) is 0 Å². The van der Waals surface area contributed by atoms with Crippen LogP contribution in [0.5, 0.6) is 0 Å². The number of hydrogen-bond donors (Lipinski definition) is 1. The maximum absolute atomic E-state index is 11.8. The van der Waals surface area contributed by atoms with Gasteiger partial charge in [-0.15, -0.1) is 0 Å². The molecule has 1 N–H and O–H groups in total. The summed E-state index contributed by atoms with van der Waals surface area (Å²) in [6.07, 6.45) is 2.74. The lowest BCUT2D eigenvalue weighted by molar-refractivity contribution is -0.144. The SMILES string of the molecule is CN(C)CCN(CC(=O)O)C(=O)CC1CC1. The van der Waals surface area contributed by atoms with Crippen LogP contribution in [0.4, 0.5) is 0 Å². The molecule has 1 fully saturated rings. The number of hydrogen-bond acceptors (Lipinski definition) is 3. The second-order valence-corrected chi connectivity index (χ2v) is 4.66. The lowest BCUT2D eigenvalue weighted by atomic mass is 10.2. The maximum atomic E-state index is 11.8. The molecule has 0 atom stereocenters. The van der Waals surface area contributed by atoms with E-state index in [1.54, 1.807) is 0 Å². The Balaban J connectivity index is 2.40. The summed E-state index contributed by atoms with van der Waals surface area (Å²) in [7, 11) is 3.81. The smallest absolute Gasteiger partial charge is 0.323 e. The van der Waals surface area contributed by atoms with Crippen molar-refractivity contribution in [1.29, 1.82) is 0 Å². The first-order valence-corrected chi connectivity index (χ1v) is 5.63.